The van der Waals surface area contributed by atoms with Crippen molar-refractivity contribution >= 4 is 17.1 Å². The molecule has 14 heavy (non-hydrogen) atoms. The van der Waals surface area contributed by atoms with Gasteiger partial charge in [-0.1, -0.05) is 6.92 Å². The van der Waals surface area contributed by atoms with Crippen LogP contribution in [0.4, 0.5) is 0 Å². The van der Waals surface area contributed by atoms with Gasteiger partial charge in [0.2, 0.25) is 0 Å². The molecule has 0 aromatic carbocycles. The van der Waals surface area contributed by atoms with Crippen molar-refractivity contribution in [2.45, 2.75) is 33.6 Å². The van der Waals surface area contributed by atoms with E-state index in [2.05, 4.69) is 18.8 Å². The van der Waals surface area contributed by atoms with Crippen LogP contribution in [-0.2, 0) is 11.2 Å². The fourth-order valence-corrected chi connectivity index (χ4v) is 2.61. The lowest BCUT2D eigenvalue weighted by Crippen LogP contribution is -2.05. The number of rotatable bonds is 3. The van der Waals surface area contributed by atoms with Crippen LogP contribution in [0.1, 0.15) is 28.9 Å². The average molecular weight is 209 g/mol. The first-order chi connectivity index (χ1) is 6.58. The van der Waals surface area contributed by atoms with Crippen molar-refractivity contribution in [1.29, 1.82) is 0 Å². The standard InChI is InChI=1S/C11H15NOS/c1-6-4-9(6)10(13)5-11-12-7(2)8(3)14-11/h6,9H,4-5H2,1-3H3. The van der Waals surface area contributed by atoms with Gasteiger partial charge in [-0.3, -0.25) is 4.79 Å². The molecule has 1 aliphatic carbocycles. The lowest BCUT2D eigenvalue weighted by Gasteiger charge is -1.93. The first kappa shape index (κ1) is 9.84. The van der Waals surface area contributed by atoms with Crippen molar-refractivity contribution < 1.29 is 4.79 Å². The molecule has 1 heterocycles. The smallest absolute Gasteiger partial charge is 0.143 e. The van der Waals surface area contributed by atoms with Crippen molar-refractivity contribution in [2.24, 2.45) is 11.8 Å². The number of thiazole rings is 1. The van der Waals surface area contributed by atoms with E-state index in [0.717, 1.165) is 17.1 Å². The van der Waals surface area contributed by atoms with Crippen LogP contribution in [0.25, 0.3) is 0 Å². The van der Waals surface area contributed by atoms with E-state index in [4.69, 9.17) is 0 Å². The van der Waals surface area contributed by atoms with E-state index in [1.807, 2.05) is 6.92 Å². The Morgan fingerprint density at radius 1 is 1.57 bits per heavy atom. The monoisotopic (exact) mass is 209 g/mol. The van der Waals surface area contributed by atoms with Crippen LogP contribution in [-0.4, -0.2) is 10.8 Å². The van der Waals surface area contributed by atoms with Crippen molar-refractivity contribution in [2.75, 3.05) is 0 Å². The number of carbonyl (C=O) groups is 1. The summed E-state index contributed by atoms with van der Waals surface area (Å²) in [6, 6.07) is 0. The van der Waals surface area contributed by atoms with Crippen LogP contribution in [0.5, 0.6) is 0 Å². The Morgan fingerprint density at radius 2 is 2.21 bits per heavy atom. The number of Topliss-reactive ketones (excluding diaryl/α,β-unsaturated/α-hetero) is 1. The summed E-state index contributed by atoms with van der Waals surface area (Å²) in [6.07, 6.45) is 1.64. The molecule has 1 aromatic heterocycles. The molecule has 0 amide bonds. The molecule has 2 rings (SSSR count). The van der Waals surface area contributed by atoms with Gasteiger partial charge in [0.15, 0.2) is 0 Å². The Kier molecular flexibility index (Phi) is 2.43. The van der Waals surface area contributed by atoms with Crippen molar-refractivity contribution in [3.05, 3.63) is 15.6 Å². The van der Waals surface area contributed by atoms with E-state index < -0.39 is 0 Å². The molecule has 1 fully saturated rings. The molecule has 2 atom stereocenters. The normalized spacial score (nSPS) is 25.1. The third-order valence-corrected chi connectivity index (χ3v) is 3.99. The van der Waals surface area contributed by atoms with E-state index in [1.54, 1.807) is 11.3 Å². The minimum absolute atomic E-state index is 0.333. The Morgan fingerprint density at radius 3 is 2.64 bits per heavy atom. The highest BCUT2D eigenvalue weighted by molar-refractivity contribution is 7.11. The summed E-state index contributed by atoms with van der Waals surface area (Å²) in [5.74, 6) is 1.33. The predicted octanol–water partition coefficient (Wildman–Crippen LogP) is 2.53. The molecule has 2 nitrogen and oxygen atoms in total. The molecule has 0 bridgehead atoms. The topological polar surface area (TPSA) is 30.0 Å². The molecule has 1 aliphatic rings. The van der Waals surface area contributed by atoms with E-state index in [0.29, 0.717) is 24.0 Å². The molecule has 1 saturated carbocycles. The van der Waals surface area contributed by atoms with E-state index in [1.165, 1.54) is 4.88 Å². The predicted molar refractivity (Wildman–Crippen MR) is 57.6 cm³/mol. The summed E-state index contributed by atoms with van der Waals surface area (Å²) < 4.78 is 0. The van der Waals surface area contributed by atoms with Gasteiger partial charge in [-0.15, -0.1) is 11.3 Å². The van der Waals surface area contributed by atoms with Gasteiger partial charge >= 0.3 is 0 Å². The lowest BCUT2D eigenvalue weighted by atomic mass is 10.2. The van der Waals surface area contributed by atoms with E-state index in [-0.39, 0.29) is 0 Å². The molecular weight excluding hydrogens is 194 g/mol. The number of carbonyl (C=O) groups excluding carboxylic acids is 1. The maximum atomic E-state index is 11.7. The van der Waals surface area contributed by atoms with Crippen LogP contribution < -0.4 is 0 Å². The number of aryl methyl sites for hydroxylation is 2. The summed E-state index contributed by atoms with van der Waals surface area (Å²) >= 11 is 1.66. The van der Waals surface area contributed by atoms with E-state index >= 15 is 0 Å². The SMILES string of the molecule is Cc1nc(CC(=O)C2CC2C)sc1C. The number of ketones is 1. The minimum Gasteiger partial charge on any atom is -0.299 e. The number of aromatic nitrogens is 1. The van der Waals surface area contributed by atoms with Crippen LogP contribution in [0.2, 0.25) is 0 Å². The summed E-state index contributed by atoms with van der Waals surface area (Å²) in [5, 5.41) is 0.990. The second-order valence-electron chi connectivity index (χ2n) is 4.21. The summed E-state index contributed by atoms with van der Waals surface area (Å²) in [7, 11) is 0. The zero-order valence-electron chi connectivity index (χ0n) is 8.83. The van der Waals surface area contributed by atoms with Crippen LogP contribution >= 0.6 is 11.3 Å². The Balaban J connectivity index is 2.00. The van der Waals surface area contributed by atoms with Gasteiger partial charge < -0.3 is 0 Å². The first-order valence-electron chi connectivity index (χ1n) is 5.03. The van der Waals surface area contributed by atoms with Gasteiger partial charge in [0.25, 0.3) is 0 Å². The van der Waals surface area contributed by atoms with Gasteiger partial charge in [-0.05, 0) is 26.2 Å². The quantitative estimate of drug-likeness (QED) is 0.765. The third kappa shape index (κ3) is 1.87. The second-order valence-corrected chi connectivity index (χ2v) is 5.50. The number of hydrogen-bond acceptors (Lipinski definition) is 3. The maximum Gasteiger partial charge on any atom is 0.143 e. The average Bonchev–Trinajstić information content (AvgIpc) is 2.74. The van der Waals surface area contributed by atoms with Crippen molar-refractivity contribution in [3.8, 4) is 0 Å². The molecule has 0 aliphatic heterocycles. The lowest BCUT2D eigenvalue weighted by molar-refractivity contribution is -0.119. The van der Waals surface area contributed by atoms with E-state index in [9.17, 15) is 4.79 Å². The highest BCUT2D eigenvalue weighted by atomic mass is 32.1. The largest absolute Gasteiger partial charge is 0.299 e. The van der Waals surface area contributed by atoms with Crippen LogP contribution in [0.15, 0.2) is 0 Å². The van der Waals surface area contributed by atoms with Gasteiger partial charge in [0.1, 0.15) is 10.8 Å². The second kappa shape index (κ2) is 3.46. The first-order valence-corrected chi connectivity index (χ1v) is 5.85. The zero-order chi connectivity index (χ0) is 10.3. The van der Waals surface area contributed by atoms with Gasteiger partial charge in [0, 0.05) is 10.8 Å². The molecule has 3 heteroatoms. The van der Waals surface area contributed by atoms with Gasteiger partial charge in [-0.25, -0.2) is 4.98 Å². The molecular formula is C11H15NOS. The molecule has 0 spiro atoms. The Labute approximate surface area is 88.4 Å². The highest BCUT2D eigenvalue weighted by Crippen LogP contribution is 2.39. The van der Waals surface area contributed by atoms with Crippen LogP contribution in [0, 0.1) is 25.7 Å². The summed E-state index contributed by atoms with van der Waals surface area (Å²) in [6.45, 7) is 6.20. The molecule has 0 saturated heterocycles. The summed E-state index contributed by atoms with van der Waals surface area (Å²) in [4.78, 5) is 17.3. The zero-order valence-corrected chi connectivity index (χ0v) is 9.65. The molecule has 2 unspecified atom stereocenters. The fraction of sp³-hybridized carbons (Fsp3) is 0.636. The van der Waals surface area contributed by atoms with Crippen molar-refractivity contribution in [1.82, 2.24) is 4.98 Å². The maximum absolute atomic E-state index is 11.7. The minimum atomic E-state index is 0.333. The molecule has 76 valence electrons. The Hall–Kier alpha value is -0.700. The number of nitrogens with zero attached hydrogens (tertiary/aromatic N) is 1. The summed E-state index contributed by atoms with van der Waals surface area (Å²) in [5.41, 5.74) is 1.07. The number of hydrogen-bond donors (Lipinski definition) is 0. The highest BCUT2D eigenvalue weighted by Gasteiger charge is 2.38. The molecule has 0 radical (unpaired) electrons. The van der Waals surface area contributed by atoms with Gasteiger partial charge in [0.05, 0.1) is 12.1 Å². The molecule has 0 N–H and O–H groups in total. The molecule has 1 aromatic rings. The Bertz CT molecular complexity index is 350. The van der Waals surface area contributed by atoms with Crippen LogP contribution in [0.3, 0.4) is 0 Å². The fourth-order valence-electron chi connectivity index (χ4n) is 1.67. The van der Waals surface area contributed by atoms with Gasteiger partial charge in [-0.2, -0.15) is 0 Å². The van der Waals surface area contributed by atoms with Crippen molar-refractivity contribution in [3.63, 3.8) is 0 Å². The third-order valence-electron chi connectivity index (χ3n) is 2.92.